The van der Waals surface area contributed by atoms with Gasteiger partial charge in [-0.3, -0.25) is 57.5 Å². The summed E-state index contributed by atoms with van der Waals surface area (Å²) in [6.07, 6.45) is -9.81. The van der Waals surface area contributed by atoms with E-state index in [4.69, 9.17) is 11.6 Å². The Morgan fingerprint density at radius 1 is 0.648 bits per heavy atom. The molecule has 0 aromatic rings. The Labute approximate surface area is 616 Å². The quantitative estimate of drug-likeness (QED) is 0.128. The summed E-state index contributed by atoms with van der Waals surface area (Å²) in [6.45, 7) is 5.78. The lowest BCUT2D eigenvalue weighted by Gasteiger charge is -2.46. The molecule has 3 saturated heterocycles. The number of nitrogens with one attached hydrogen (secondary N) is 3. The van der Waals surface area contributed by atoms with Crippen LogP contribution in [0.2, 0.25) is 0 Å². The molecular weight excluding hydrogens is 1410 g/mol. The Morgan fingerprint density at radius 3 is 1.80 bits per heavy atom. The highest BCUT2D eigenvalue weighted by Gasteiger charge is 2.57. The lowest BCUT2D eigenvalue weighted by molar-refractivity contribution is -0.184. The van der Waals surface area contributed by atoms with Gasteiger partial charge in [-0.2, -0.15) is 26.3 Å². The molecule has 7 aliphatic rings. The zero-order valence-electron chi connectivity index (χ0n) is 62.9. The van der Waals surface area contributed by atoms with Crippen LogP contribution in [0.15, 0.2) is 0 Å². The van der Waals surface area contributed by atoms with Crippen molar-refractivity contribution in [2.24, 2.45) is 41.4 Å². The van der Waals surface area contributed by atoms with Gasteiger partial charge in [0.05, 0.1) is 37.9 Å². The van der Waals surface area contributed by atoms with Crippen LogP contribution in [0.4, 0.5) is 35.1 Å². The van der Waals surface area contributed by atoms with Gasteiger partial charge in [0.2, 0.25) is 70.9 Å². The Kier molecular flexibility index (Phi) is 29.0. The third-order valence-electron chi connectivity index (χ3n) is 23.4. The number of fused-ring (bicyclic) bond motifs is 2. The van der Waals surface area contributed by atoms with E-state index >= 15 is 28.0 Å². The van der Waals surface area contributed by atoms with Gasteiger partial charge in [-0.25, -0.2) is 8.78 Å². The number of amides is 12. The number of carbonyl (C=O) groups is 12. The van der Waals surface area contributed by atoms with Crippen LogP contribution < -0.4 is 16.0 Å². The smallest absolute Gasteiger partial charge is 0.347 e. The van der Waals surface area contributed by atoms with Crippen LogP contribution >= 0.6 is 11.6 Å². The molecule has 3 unspecified atom stereocenters. The monoisotopic (exact) mass is 1520 g/mol. The van der Waals surface area contributed by atoms with Crippen molar-refractivity contribution in [3.63, 3.8) is 0 Å². The van der Waals surface area contributed by atoms with Gasteiger partial charge in [0.15, 0.2) is 0 Å². The maximum Gasteiger partial charge on any atom is 0.393 e. The Bertz CT molecular complexity index is 3150. The number of likely N-dealkylation sites (N-methyl/N-ethyl adjacent to an activating group) is 6. The summed E-state index contributed by atoms with van der Waals surface area (Å²) in [5.74, 6) is -20.0. The standard InChI is InChI=1S/C72H111ClF8N12O12/c1-13-31-91-53(35-44-20-24-46(25-21-44)71(76,77)78)65(102)86(8)38-55(94)82-49(27-23-43-22-26-47(48(73)34-43)72(79,80)81)62(99)93-40-70(74,75)37-54(93)61(98)84-69(29-17-30-69)68(105)90(12)59(45-18-15-16-19-45)67(104)89(11)52(63(100)85(6)7)36-56(95)88(10)51(33-41(3)4)60(97)83-58(42(5)14-2)66(103)92-32-28-50(92)64(101)87(9)39-57(91)96/h41-54,58-59H,13-40H2,1-12H3,(H,82,94)(H,83,97)(H,84,98)/t42-,43?,44?,46?,47?,48?,49-,50-,51-,52-,53-,54-,58-,59-/m0/s1. The molecule has 0 radical (unpaired) electrons. The molecule has 1 spiro atoms. The number of alkyl halides is 9. The third kappa shape index (κ3) is 20.6. The molecule has 0 aromatic carbocycles. The molecule has 12 atom stereocenters. The van der Waals surface area contributed by atoms with Crippen LogP contribution in [0.1, 0.15) is 182 Å². The second-order valence-electron chi connectivity index (χ2n) is 31.7. The second-order valence-corrected chi connectivity index (χ2v) is 32.2. The minimum Gasteiger partial charge on any atom is -0.347 e. The number of carbonyl (C=O) groups excluding carboxylic acids is 12. The van der Waals surface area contributed by atoms with Crippen LogP contribution in [0.25, 0.3) is 0 Å². The highest BCUT2D eigenvalue weighted by molar-refractivity contribution is 6.21. The lowest BCUT2D eigenvalue weighted by atomic mass is 9.74. The van der Waals surface area contributed by atoms with Gasteiger partial charge >= 0.3 is 12.4 Å². The van der Waals surface area contributed by atoms with E-state index in [9.17, 15) is 64.7 Å². The summed E-state index contributed by atoms with van der Waals surface area (Å²) in [5, 5.41) is 6.72. The third-order valence-corrected chi connectivity index (χ3v) is 23.9. The van der Waals surface area contributed by atoms with E-state index in [1.807, 2.05) is 13.8 Å². The lowest BCUT2D eigenvalue weighted by Crippen LogP contribution is -2.68. The maximum absolute atomic E-state index is 16.1. The van der Waals surface area contributed by atoms with Crippen molar-refractivity contribution < 1.29 is 92.7 Å². The van der Waals surface area contributed by atoms with Crippen molar-refractivity contribution in [2.75, 3.05) is 82.1 Å². The molecule has 3 aliphatic heterocycles. The fraction of sp³-hybridized carbons (Fsp3) is 0.833. The average Bonchev–Trinajstić information content (AvgIpc) is 1.74. The number of hydrogen-bond acceptors (Lipinski definition) is 12. The first-order valence-corrected chi connectivity index (χ1v) is 37.9. The summed E-state index contributed by atoms with van der Waals surface area (Å²) >= 11 is 6.33. The van der Waals surface area contributed by atoms with E-state index in [2.05, 4.69) is 16.0 Å². The highest BCUT2D eigenvalue weighted by Crippen LogP contribution is 2.46. The molecule has 7 fully saturated rings. The number of hydrogen-bond donors (Lipinski definition) is 3. The Balaban J connectivity index is 1.30. The molecule has 105 heavy (non-hydrogen) atoms. The van der Waals surface area contributed by atoms with Gasteiger partial charge in [0.1, 0.15) is 53.9 Å². The zero-order valence-corrected chi connectivity index (χ0v) is 63.6. The molecule has 0 aromatic heterocycles. The molecule has 4 aliphatic carbocycles. The summed E-state index contributed by atoms with van der Waals surface area (Å²) in [7, 11) is 9.35. The Hall–Kier alpha value is -6.63. The van der Waals surface area contributed by atoms with E-state index in [1.54, 1.807) is 20.8 Å². The fourth-order valence-corrected chi connectivity index (χ4v) is 17.1. The molecule has 594 valence electrons. The predicted octanol–water partition coefficient (Wildman–Crippen LogP) is 6.74. The largest absolute Gasteiger partial charge is 0.393 e. The van der Waals surface area contributed by atoms with E-state index in [1.165, 1.54) is 64.0 Å². The molecule has 0 bridgehead atoms. The van der Waals surface area contributed by atoms with Gasteiger partial charge < -0.3 is 60.0 Å². The first-order chi connectivity index (χ1) is 49.0. The van der Waals surface area contributed by atoms with Gasteiger partial charge in [-0.05, 0) is 145 Å². The zero-order chi connectivity index (χ0) is 78.3. The van der Waals surface area contributed by atoms with E-state index in [-0.39, 0.29) is 109 Å². The van der Waals surface area contributed by atoms with Crippen molar-refractivity contribution in [3.05, 3.63) is 0 Å². The molecule has 3 heterocycles. The fourth-order valence-electron chi connectivity index (χ4n) is 16.6. The summed E-state index contributed by atoms with van der Waals surface area (Å²) < 4.78 is 116. The summed E-state index contributed by atoms with van der Waals surface area (Å²) in [5.41, 5.74) is -1.84. The van der Waals surface area contributed by atoms with Crippen LogP contribution in [0, 0.1) is 41.4 Å². The van der Waals surface area contributed by atoms with Crippen LogP contribution in [0.3, 0.4) is 0 Å². The van der Waals surface area contributed by atoms with Crippen molar-refractivity contribution in [3.8, 4) is 0 Å². The van der Waals surface area contributed by atoms with Crippen LogP contribution in [-0.2, 0) is 57.5 Å². The molecule has 12 amide bonds. The normalized spacial score (nSPS) is 31.1. The molecule has 33 heteroatoms. The Morgan fingerprint density at radius 2 is 1.27 bits per heavy atom. The first kappa shape index (κ1) is 85.6. The van der Waals surface area contributed by atoms with E-state index in [0.717, 1.165) is 24.5 Å². The molecule has 7 rings (SSSR count). The van der Waals surface area contributed by atoms with Crippen LogP contribution in [0.5, 0.6) is 0 Å². The second kappa shape index (κ2) is 35.6. The van der Waals surface area contributed by atoms with Crippen molar-refractivity contribution >= 4 is 82.5 Å². The maximum atomic E-state index is 16.1. The van der Waals surface area contributed by atoms with E-state index in [0.29, 0.717) is 43.4 Å². The summed E-state index contributed by atoms with van der Waals surface area (Å²) in [6, 6.07) is -11.8. The summed E-state index contributed by atoms with van der Waals surface area (Å²) in [4.78, 5) is 189. The predicted molar refractivity (Wildman–Crippen MR) is 371 cm³/mol. The van der Waals surface area contributed by atoms with Crippen LogP contribution in [-0.4, -0.2) is 275 Å². The van der Waals surface area contributed by atoms with Crippen molar-refractivity contribution in [2.45, 2.75) is 260 Å². The minimum atomic E-state index is -4.63. The van der Waals surface area contributed by atoms with Gasteiger partial charge in [0.25, 0.3) is 5.92 Å². The molecule has 4 saturated carbocycles. The molecule has 24 nitrogen and oxygen atoms in total. The minimum absolute atomic E-state index is 0.00406. The average molecular weight is 1520 g/mol. The topological polar surface area (TPSA) is 270 Å². The van der Waals surface area contributed by atoms with Gasteiger partial charge in [-0.15, -0.1) is 11.6 Å². The SMILES string of the molecule is CCCN1C(=O)CN(C)C(=O)[C@@H]2CCN2C(=O)[C@H]([C@@H](C)CC)NC(=O)[C@H](CC(C)C)N(C)C(=O)C[C@@H](C(=O)N(C)C)N(C)C(=O)[C@H](C2CCCC2)N(C)C(=O)C2(CCC2)NC(=O)[C@@H]2CC(F)(F)CN2C(=O)[C@H](CCC2CCC(C(F)(F)F)C(Cl)C2)NC(=O)CN(C)C(=O)[C@@H]1CC1CCC(C(F)(F)F)CC1. The molecular formula is C72H111ClF8N12O12. The highest BCUT2D eigenvalue weighted by atomic mass is 35.5. The van der Waals surface area contributed by atoms with Gasteiger partial charge in [-0.1, -0.05) is 53.9 Å². The van der Waals surface area contributed by atoms with Crippen molar-refractivity contribution in [1.29, 1.82) is 0 Å². The number of halogens is 9. The number of nitrogens with zero attached hydrogens (tertiary/aromatic N) is 9. The van der Waals surface area contributed by atoms with Crippen molar-refractivity contribution in [1.82, 2.24) is 60.0 Å². The van der Waals surface area contributed by atoms with E-state index < -0.39 is 223 Å². The number of rotatable bonds is 13. The first-order valence-electron chi connectivity index (χ1n) is 37.5. The van der Waals surface area contributed by atoms with Gasteiger partial charge in [0, 0.05) is 74.2 Å². The molecule has 3 N–H and O–H groups in total.